The molecule has 0 aliphatic carbocycles. The van der Waals surface area contributed by atoms with E-state index in [1.165, 1.54) is 17.3 Å². The quantitative estimate of drug-likeness (QED) is 0.640. The van der Waals surface area contributed by atoms with Crippen LogP contribution in [0.25, 0.3) is 0 Å². The van der Waals surface area contributed by atoms with Crippen molar-refractivity contribution in [1.29, 1.82) is 0 Å². The lowest BCUT2D eigenvalue weighted by atomic mass is 10.4. The van der Waals surface area contributed by atoms with E-state index in [0.717, 1.165) is 0 Å². The maximum absolute atomic E-state index is 4.01. The molecule has 0 amide bonds. The Balaban J connectivity index is 3.08. The van der Waals surface area contributed by atoms with Gasteiger partial charge in [-0.05, 0) is 0 Å². The molecule has 0 spiro atoms. The second kappa shape index (κ2) is 4.42. The van der Waals surface area contributed by atoms with Crippen LogP contribution in [0.5, 0.6) is 0 Å². The van der Waals surface area contributed by atoms with E-state index in [2.05, 4.69) is 56.5 Å². The summed E-state index contributed by atoms with van der Waals surface area (Å²) in [5.41, 5.74) is 2.22. The van der Waals surface area contributed by atoms with E-state index in [4.69, 9.17) is 0 Å². The van der Waals surface area contributed by atoms with Crippen molar-refractivity contribution in [3.8, 4) is 0 Å². The van der Waals surface area contributed by atoms with Gasteiger partial charge in [-0.25, -0.2) is 0 Å². The maximum atomic E-state index is 4.01. The molecule has 70 valence electrons. The van der Waals surface area contributed by atoms with Crippen molar-refractivity contribution in [1.82, 2.24) is 0 Å². The van der Waals surface area contributed by atoms with Crippen molar-refractivity contribution >= 4 is 13.3 Å². The maximum Gasteiger partial charge on any atom is 0.109 e. The Hall–Kier alpha value is -0.823. The lowest BCUT2D eigenvalue weighted by Crippen LogP contribution is -2.44. The highest BCUT2D eigenvalue weighted by Gasteiger charge is 2.26. The van der Waals surface area contributed by atoms with Crippen LogP contribution in [0.4, 0.5) is 0 Å². The first-order valence-electron chi connectivity index (χ1n) is 4.98. The number of hydrogen-bond acceptors (Lipinski definition) is 0. The molecule has 0 heterocycles. The Morgan fingerprint density at radius 3 is 2.08 bits per heavy atom. The molecule has 1 heteroatoms. The van der Waals surface area contributed by atoms with Crippen LogP contribution < -0.4 is 5.19 Å². The minimum atomic E-state index is -1.33. The van der Waals surface area contributed by atoms with Gasteiger partial charge in [-0.2, -0.15) is 0 Å². The number of benzene rings is 1. The summed E-state index contributed by atoms with van der Waals surface area (Å²) in [6.45, 7) is 8.58. The Morgan fingerprint density at radius 2 is 1.69 bits per heavy atom. The lowest BCUT2D eigenvalue weighted by molar-refractivity contribution is 1.29. The molecule has 0 nitrogen and oxygen atoms in total. The van der Waals surface area contributed by atoms with Gasteiger partial charge in [0, 0.05) is 0 Å². The molecule has 0 bridgehead atoms. The summed E-state index contributed by atoms with van der Waals surface area (Å²) in [6.07, 6.45) is 0. The van der Waals surface area contributed by atoms with E-state index >= 15 is 0 Å². The number of hydrogen-bond donors (Lipinski definition) is 0. The summed E-state index contributed by atoms with van der Waals surface area (Å²) in [4.78, 5) is 0. The van der Waals surface area contributed by atoms with E-state index in [1.807, 2.05) is 0 Å². The van der Waals surface area contributed by atoms with Gasteiger partial charge >= 0.3 is 0 Å². The van der Waals surface area contributed by atoms with Crippen molar-refractivity contribution in [2.24, 2.45) is 0 Å². The molecule has 13 heavy (non-hydrogen) atoms. The third kappa shape index (κ3) is 1.91. The Kier molecular flexibility index (Phi) is 3.49. The fourth-order valence-corrected chi connectivity index (χ4v) is 4.82. The molecule has 1 aromatic rings. The summed E-state index contributed by atoms with van der Waals surface area (Å²) in [7, 11) is -1.33. The average Bonchev–Trinajstić information content (AvgIpc) is 2.23. The SMILES string of the molecule is C=C[Si](CC)(CC)c1ccccc1. The Labute approximate surface area is 82.3 Å². The van der Waals surface area contributed by atoms with E-state index in [9.17, 15) is 0 Å². The van der Waals surface area contributed by atoms with Crippen LogP contribution in [-0.2, 0) is 0 Å². The minimum Gasteiger partial charge on any atom is -0.107 e. The molecule has 0 fully saturated rings. The normalized spacial score (nSPS) is 11.2. The van der Waals surface area contributed by atoms with Crippen LogP contribution >= 0.6 is 0 Å². The summed E-state index contributed by atoms with van der Waals surface area (Å²) in [5, 5.41) is 1.52. The van der Waals surface area contributed by atoms with Crippen molar-refractivity contribution in [3.63, 3.8) is 0 Å². The Bertz CT molecular complexity index is 260. The molecule has 1 aromatic carbocycles. The molecule has 0 atom stereocenters. The molecule has 0 saturated carbocycles. The molecule has 0 radical (unpaired) electrons. The van der Waals surface area contributed by atoms with Crippen LogP contribution in [-0.4, -0.2) is 8.07 Å². The van der Waals surface area contributed by atoms with Crippen molar-refractivity contribution < 1.29 is 0 Å². The molecule has 0 saturated heterocycles. The van der Waals surface area contributed by atoms with E-state index < -0.39 is 8.07 Å². The first kappa shape index (κ1) is 10.3. The molecule has 0 unspecified atom stereocenters. The van der Waals surface area contributed by atoms with Crippen LogP contribution in [0.2, 0.25) is 12.1 Å². The predicted octanol–water partition coefficient (Wildman–Crippen LogP) is 3.11. The van der Waals surface area contributed by atoms with Crippen LogP contribution in [0.15, 0.2) is 42.6 Å². The van der Waals surface area contributed by atoms with Gasteiger partial charge in [0.25, 0.3) is 0 Å². The molecular weight excluding hydrogens is 172 g/mol. The zero-order valence-corrected chi connectivity index (χ0v) is 9.59. The number of rotatable bonds is 4. The average molecular weight is 190 g/mol. The summed E-state index contributed by atoms with van der Waals surface area (Å²) in [5.74, 6) is 0. The van der Waals surface area contributed by atoms with Gasteiger partial charge in [-0.1, -0.05) is 67.2 Å². The van der Waals surface area contributed by atoms with Crippen LogP contribution in [0, 0.1) is 0 Å². The second-order valence-corrected chi connectivity index (χ2v) is 8.15. The third-order valence-corrected chi connectivity index (χ3v) is 7.79. The minimum absolute atomic E-state index is 1.26. The monoisotopic (exact) mass is 190 g/mol. The van der Waals surface area contributed by atoms with E-state index in [0.29, 0.717) is 0 Å². The zero-order valence-electron chi connectivity index (χ0n) is 8.59. The lowest BCUT2D eigenvalue weighted by Gasteiger charge is -2.25. The fraction of sp³-hybridized carbons (Fsp3) is 0.333. The van der Waals surface area contributed by atoms with Crippen molar-refractivity contribution in [2.45, 2.75) is 25.9 Å². The molecule has 1 rings (SSSR count). The van der Waals surface area contributed by atoms with Gasteiger partial charge in [-0.15, -0.1) is 6.58 Å². The molecule has 0 aliphatic heterocycles. The highest BCUT2D eigenvalue weighted by molar-refractivity contribution is 6.95. The van der Waals surface area contributed by atoms with Crippen LogP contribution in [0.3, 0.4) is 0 Å². The fourth-order valence-electron chi connectivity index (χ4n) is 1.83. The van der Waals surface area contributed by atoms with Gasteiger partial charge in [-0.3, -0.25) is 0 Å². The van der Waals surface area contributed by atoms with Crippen molar-refractivity contribution in [3.05, 3.63) is 42.6 Å². The largest absolute Gasteiger partial charge is 0.109 e. The van der Waals surface area contributed by atoms with Crippen molar-refractivity contribution in [2.75, 3.05) is 0 Å². The van der Waals surface area contributed by atoms with E-state index in [-0.39, 0.29) is 0 Å². The highest BCUT2D eigenvalue weighted by atomic mass is 28.3. The topological polar surface area (TPSA) is 0 Å². The first-order chi connectivity index (χ1) is 6.29. The standard InChI is InChI=1S/C12H18Si/c1-4-13(5-2,6-3)12-10-8-7-9-11-12/h4,7-11H,1,5-6H2,2-3H3. The third-order valence-electron chi connectivity index (χ3n) is 3.00. The zero-order chi connectivity index (χ0) is 9.73. The highest BCUT2D eigenvalue weighted by Crippen LogP contribution is 2.15. The van der Waals surface area contributed by atoms with Gasteiger partial charge in [0.2, 0.25) is 0 Å². The van der Waals surface area contributed by atoms with Gasteiger partial charge in [0.1, 0.15) is 8.07 Å². The molecule has 0 N–H and O–H groups in total. The molecule has 0 aliphatic rings. The van der Waals surface area contributed by atoms with Gasteiger partial charge in [0.05, 0.1) is 0 Å². The van der Waals surface area contributed by atoms with Gasteiger partial charge in [0.15, 0.2) is 0 Å². The summed E-state index contributed by atoms with van der Waals surface area (Å²) in [6, 6.07) is 13.4. The van der Waals surface area contributed by atoms with Crippen LogP contribution in [0.1, 0.15) is 13.8 Å². The molecular formula is C12H18Si. The first-order valence-corrected chi connectivity index (χ1v) is 7.47. The molecule has 0 aromatic heterocycles. The smallest absolute Gasteiger partial charge is 0.107 e. The second-order valence-electron chi connectivity index (χ2n) is 3.43. The van der Waals surface area contributed by atoms with Gasteiger partial charge < -0.3 is 0 Å². The predicted molar refractivity (Wildman–Crippen MR) is 63.0 cm³/mol. The van der Waals surface area contributed by atoms with E-state index in [1.54, 1.807) is 0 Å². The summed E-state index contributed by atoms with van der Waals surface area (Å²) < 4.78 is 0. The summed E-state index contributed by atoms with van der Waals surface area (Å²) >= 11 is 0. The Morgan fingerprint density at radius 1 is 1.15 bits per heavy atom.